The normalized spacial score (nSPS) is 11.9. The van der Waals surface area contributed by atoms with Crippen LogP contribution < -0.4 is 5.73 Å². The number of nitrogens with zero attached hydrogens (tertiary/aromatic N) is 5. The molecule has 0 aliphatic carbocycles. The highest BCUT2D eigenvalue weighted by molar-refractivity contribution is 6.05. The maximum Gasteiger partial charge on any atom is 0.269 e. The van der Waals surface area contributed by atoms with Gasteiger partial charge in [0.15, 0.2) is 11.5 Å². The van der Waals surface area contributed by atoms with Crippen LogP contribution in [-0.4, -0.2) is 35.7 Å². The van der Waals surface area contributed by atoms with Gasteiger partial charge in [0.25, 0.3) is 5.91 Å². The van der Waals surface area contributed by atoms with Gasteiger partial charge in [-0.1, -0.05) is 27.2 Å². The molecule has 8 heteroatoms. The van der Waals surface area contributed by atoms with Gasteiger partial charge in [0.1, 0.15) is 6.61 Å². The molecular formula is C20H26N6O2. The molecule has 3 aromatic heterocycles. The van der Waals surface area contributed by atoms with Gasteiger partial charge in [0, 0.05) is 29.9 Å². The quantitative estimate of drug-likeness (QED) is 0.648. The number of aliphatic hydroxyl groups excluding tert-OH is 1. The van der Waals surface area contributed by atoms with Gasteiger partial charge in [-0.2, -0.15) is 5.10 Å². The first-order chi connectivity index (χ1) is 13.3. The zero-order valence-electron chi connectivity index (χ0n) is 16.7. The van der Waals surface area contributed by atoms with Crippen LogP contribution in [0.25, 0.3) is 22.2 Å². The number of carbonyl (C=O) groups excluding carboxylic acids is 1. The molecule has 0 atom stereocenters. The number of pyridine rings is 1. The second-order valence-corrected chi connectivity index (χ2v) is 7.82. The Labute approximate surface area is 163 Å². The first-order valence-electron chi connectivity index (χ1n) is 9.36. The van der Waals surface area contributed by atoms with Crippen molar-refractivity contribution in [1.82, 2.24) is 24.7 Å². The van der Waals surface area contributed by atoms with Crippen LogP contribution in [0.2, 0.25) is 0 Å². The van der Waals surface area contributed by atoms with E-state index in [0.29, 0.717) is 29.0 Å². The number of aromatic nitrogens is 5. The molecule has 148 valence electrons. The summed E-state index contributed by atoms with van der Waals surface area (Å²) < 4.78 is 1.85. The van der Waals surface area contributed by atoms with E-state index in [1.165, 1.54) is 0 Å². The highest BCUT2D eigenvalue weighted by atomic mass is 16.3. The molecular weight excluding hydrogens is 356 g/mol. The summed E-state index contributed by atoms with van der Waals surface area (Å²) in [5.41, 5.74) is 8.76. The number of hydrogen-bond donors (Lipinski definition) is 2. The van der Waals surface area contributed by atoms with E-state index < -0.39 is 5.91 Å². The van der Waals surface area contributed by atoms with Crippen LogP contribution in [0, 0.1) is 12.3 Å². The lowest BCUT2D eigenvalue weighted by molar-refractivity contribution is 0.0995. The molecule has 28 heavy (non-hydrogen) atoms. The van der Waals surface area contributed by atoms with Crippen molar-refractivity contribution in [2.24, 2.45) is 11.1 Å². The van der Waals surface area contributed by atoms with Crippen LogP contribution in [0.4, 0.5) is 0 Å². The van der Waals surface area contributed by atoms with Gasteiger partial charge in [-0.05, 0) is 24.8 Å². The number of hydrogen-bond acceptors (Lipinski definition) is 6. The standard InChI is InChI=1S/C20H26N6O2/c1-5-6-20(3,4)11-26-18-12(2)24-15(7-14(18)17(25-26)19(21)28)13-8-22-16(10-27)23-9-13/h7-9,27H,5-6,10-11H2,1-4H3,(H2,21,28). The van der Waals surface area contributed by atoms with Crippen LogP contribution in [0.5, 0.6) is 0 Å². The molecule has 8 nitrogen and oxygen atoms in total. The van der Waals surface area contributed by atoms with Gasteiger partial charge >= 0.3 is 0 Å². The monoisotopic (exact) mass is 382 g/mol. The molecule has 0 bridgehead atoms. The van der Waals surface area contributed by atoms with Gasteiger partial charge in [-0.3, -0.25) is 14.5 Å². The fourth-order valence-corrected chi connectivity index (χ4v) is 3.57. The summed E-state index contributed by atoms with van der Waals surface area (Å²) in [5, 5.41) is 14.3. The maximum absolute atomic E-state index is 12.0. The van der Waals surface area contributed by atoms with Crippen molar-refractivity contribution in [2.45, 2.75) is 53.7 Å². The van der Waals surface area contributed by atoms with Gasteiger partial charge in [-0.25, -0.2) is 9.97 Å². The maximum atomic E-state index is 12.0. The van der Waals surface area contributed by atoms with Crippen molar-refractivity contribution in [3.05, 3.63) is 35.7 Å². The summed E-state index contributed by atoms with van der Waals surface area (Å²) in [6.07, 6.45) is 5.31. The third-order valence-electron chi connectivity index (χ3n) is 4.78. The minimum absolute atomic E-state index is 0.0295. The highest BCUT2D eigenvalue weighted by Crippen LogP contribution is 2.30. The lowest BCUT2D eigenvalue weighted by Crippen LogP contribution is -2.21. The summed E-state index contributed by atoms with van der Waals surface area (Å²) in [7, 11) is 0. The van der Waals surface area contributed by atoms with Gasteiger partial charge in [0.2, 0.25) is 0 Å². The average Bonchev–Trinajstić information content (AvgIpc) is 3.00. The second kappa shape index (κ2) is 7.63. The lowest BCUT2D eigenvalue weighted by Gasteiger charge is -2.24. The second-order valence-electron chi connectivity index (χ2n) is 7.82. The van der Waals surface area contributed by atoms with E-state index >= 15 is 0 Å². The molecule has 0 aliphatic rings. The first-order valence-corrected chi connectivity index (χ1v) is 9.36. The molecule has 3 heterocycles. The summed E-state index contributed by atoms with van der Waals surface area (Å²) >= 11 is 0. The molecule has 0 unspecified atom stereocenters. The van der Waals surface area contributed by atoms with Crippen molar-refractivity contribution in [2.75, 3.05) is 0 Å². The number of aryl methyl sites for hydroxylation is 1. The minimum Gasteiger partial charge on any atom is -0.388 e. The Kier molecular flexibility index (Phi) is 5.42. The molecule has 3 aromatic rings. The van der Waals surface area contributed by atoms with E-state index in [1.807, 2.05) is 11.6 Å². The van der Waals surface area contributed by atoms with Crippen molar-refractivity contribution in [1.29, 1.82) is 0 Å². The molecule has 3 rings (SSSR count). The van der Waals surface area contributed by atoms with Crippen LogP contribution in [-0.2, 0) is 13.2 Å². The Balaban J connectivity index is 2.15. The Hall–Kier alpha value is -2.87. The van der Waals surface area contributed by atoms with Crippen molar-refractivity contribution in [3.63, 3.8) is 0 Å². The smallest absolute Gasteiger partial charge is 0.269 e. The predicted molar refractivity (Wildman–Crippen MR) is 106 cm³/mol. The number of carbonyl (C=O) groups is 1. The number of primary amides is 1. The summed E-state index contributed by atoms with van der Waals surface area (Å²) in [6, 6.07) is 1.80. The molecule has 0 radical (unpaired) electrons. The molecule has 3 N–H and O–H groups in total. The summed E-state index contributed by atoms with van der Waals surface area (Å²) in [4.78, 5) is 24.9. The molecule has 0 aromatic carbocycles. The number of rotatable bonds is 7. The minimum atomic E-state index is -0.569. The van der Waals surface area contributed by atoms with E-state index in [9.17, 15) is 4.79 Å². The molecule has 0 fully saturated rings. The van der Waals surface area contributed by atoms with E-state index in [1.54, 1.807) is 18.5 Å². The SMILES string of the molecule is CCCC(C)(C)Cn1nc(C(N)=O)c2cc(-c3cnc(CO)nc3)nc(C)c21. The number of aliphatic hydroxyl groups is 1. The summed E-state index contributed by atoms with van der Waals surface area (Å²) in [6.45, 7) is 8.86. The third kappa shape index (κ3) is 3.87. The van der Waals surface area contributed by atoms with Crippen molar-refractivity contribution < 1.29 is 9.90 Å². The topological polar surface area (TPSA) is 120 Å². The van der Waals surface area contributed by atoms with Crippen molar-refractivity contribution in [3.8, 4) is 11.3 Å². The van der Waals surface area contributed by atoms with Crippen LogP contribution in [0.3, 0.4) is 0 Å². The van der Waals surface area contributed by atoms with Gasteiger partial charge < -0.3 is 10.8 Å². The number of nitrogens with two attached hydrogens (primary N) is 1. The van der Waals surface area contributed by atoms with Crippen LogP contribution in [0.1, 0.15) is 55.6 Å². The number of amides is 1. The predicted octanol–water partition coefficient (Wildman–Crippen LogP) is 2.61. The zero-order valence-corrected chi connectivity index (χ0v) is 16.7. The largest absolute Gasteiger partial charge is 0.388 e. The average molecular weight is 382 g/mol. The van der Waals surface area contributed by atoms with Gasteiger partial charge in [0.05, 0.1) is 16.9 Å². The van der Waals surface area contributed by atoms with E-state index in [2.05, 4.69) is 40.8 Å². The van der Waals surface area contributed by atoms with Crippen LogP contribution in [0.15, 0.2) is 18.5 Å². The first kappa shape index (κ1) is 19.9. The Bertz CT molecular complexity index is 1010. The molecule has 0 aliphatic heterocycles. The van der Waals surface area contributed by atoms with E-state index in [4.69, 9.17) is 10.8 Å². The Morgan fingerprint density at radius 1 is 1.29 bits per heavy atom. The molecule has 0 spiro atoms. The fourth-order valence-electron chi connectivity index (χ4n) is 3.57. The zero-order chi connectivity index (χ0) is 20.5. The number of fused-ring (bicyclic) bond motifs is 1. The fraction of sp³-hybridized carbons (Fsp3) is 0.450. The van der Waals surface area contributed by atoms with E-state index in [0.717, 1.165) is 24.1 Å². The van der Waals surface area contributed by atoms with Gasteiger partial charge in [-0.15, -0.1) is 0 Å². The van der Waals surface area contributed by atoms with E-state index in [-0.39, 0.29) is 17.7 Å². The molecule has 0 saturated heterocycles. The highest BCUT2D eigenvalue weighted by Gasteiger charge is 2.24. The van der Waals surface area contributed by atoms with Crippen LogP contribution >= 0.6 is 0 Å². The Morgan fingerprint density at radius 2 is 1.96 bits per heavy atom. The summed E-state index contributed by atoms with van der Waals surface area (Å²) in [5.74, 6) is -0.231. The molecule has 0 saturated carbocycles. The third-order valence-corrected chi connectivity index (χ3v) is 4.78. The lowest BCUT2D eigenvalue weighted by atomic mass is 9.88. The Morgan fingerprint density at radius 3 is 2.54 bits per heavy atom. The van der Waals surface area contributed by atoms with Crippen molar-refractivity contribution >= 4 is 16.8 Å². The molecule has 1 amide bonds.